The molecule has 0 atom stereocenters. The largest absolute Gasteiger partial charge is 0.356 e. The summed E-state index contributed by atoms with van der Waals surface area (Å²) < 4.78 is 0. The Balaban J connectivity index is 0.00000243. The molecule has 0 spiro atoms. The zero-order valence-electron chi connectivity index (χ0n) is 14.4. The van der Waals surface area contributed by atoms with E-state index in [1.807, 2.05) is 12.1 Å². The van der Waals surface area contributed by atoms with Crippen LogP contribution in [0.25, 0.3) is 11.1 Å². The third kappa shape index (κ3) is 4.48. The molecule has 25 heavy (non-hydrogen) atoms. The van der Waals surface area contributed by atoms with Gasteiger partial charge in [0, 0.05) is 12.8 Å². The maximum Gasteiger partial charge on any atom is 0.0390 e. The van der Waals surface area contributed by atoms with Crippen molar-refractivity contribution in [3.8, 4) is 11.1 Å². The highest BCUT2D eigenvalue weighted by Gasteiger charge is 2.04. The Labute approximate surface area is 151 Å². The van der Waals surface area contributed by atoms with Gasteiger partial charge in [0.05, 0.1) is 0 Å². The normalized spacial score (nSPS) is 13.9. The molecular weight excluding hydrogens is 302 g/mol. The molecule has 1 nitrogen and oxygen atoms in total. The molecule has 0 saturated heterocycles. The minimum atomic E-state index is 0. The molecule has 0 unspecified atom stereocenters. The number of allylic oxidation sites excluding steroid dienone is 7. The SMILES string of the molecule is C=C/C(=C\C(=C)C1=CC=CCC1)Nc1cccc(-c2ccccc2)c1.[HH]. The Morgan fingerprint density at radius 3 is 2.56 bits per heavy atom. The fourth-order valence-corrected chi connectivity index (χ4v) is 2.87. The summed E-state index contributed by atoms with van der Waals surface area (Å²) in [7, 11) is 0. The number of hydrogen-bond acceptors (Lipinski definition) is 1. The number of anilines is 1. The van der Waals surface area contributed by atoms with Crippen LogP contribution in [0.1, 0.15) is 14.3 Å². The van der Waals surface area contributed by atoms with Crippen LogP contribution >= 0.6 is 0 Å². The van der Waals surface area contributed by atoms with Gasteiger partial charge in [0.2, 0.25) is 0 Å². The number of rotatable bonds is 6. The first-order valence-corrected chi connectivity index (χ1v) is 8.58. The van der Waals surface area contributed by atoms with Gasteiger partial charge in [0.25, 0.3) is 0 Å². The summed E-state index contributed by atoms with van der Waals surface area (Å²) in [4.78, 5) is 0. The van der Waals surface area contributed by atoms with E-state index < -0.39 is 0 Å². The third-order valence-electron chi connectivity index (χ3n) is 4.23. The van der Waals surface area contributed by atoms with Crippen LogP contribution in [0.5, 0.6) is 0 Å². The Hall–Kier alpha value is -3.06. The lowest BCUT2D eigenvalue weighted by atomic mass is 9.97. The molecule has 1 N–H and O–H groups in total. The molecule has 1 aliphatic carbocycles. The van der Waals surface area contributed by atoms with Gasteiger partial charge in [-0.05, 0) is 59.4 Å². The first-order valence-electron chi connectivity index (χ1n) is 8.58. The van der Waals surface area contributed by atoms with Gasteiger partial charge in [-0.2, -0.15) is 0 Å². The Bertz CT molecular complexity index is 857. The molecule has 0 amide bonds. The summed E-state index contributed by atoms with van der Waals surface area (Å²) in [6.07, 6.45) is 12.4. The smallest absolute Gasteiger partial charge is 0.0390 e. The van der Waals surface area contributed by atoms with E-state index in [0.717, 1.165) is 29.8 Å². The summed E-state index contributed by atoms with van der Waals surface area (Å²) in [5.41, 5.74) is 6.70. The molecule has 0 radical (unpaired) electrons. The quantitative estimate of drug-likeness (QED) is 0.568. The minimum Gasteiger partial charge on any atom is -0.356 e. The lowest BCUT2D eigenvalue weighted by molar-refractivity contribution is 0.979. The van der Waals surface area contributed by atoms with E-state index in [2.05, 4.69) is 91.3 Å². The summed E-state index contributed by atoms with van der Waals surface area (Å²) in [5.74, 6) is 0. The van der Waals surface area contributed by atoms with Crippen LogP contribution in [0.15, 0.2) is 115 Å². The third-order valence-corrected chi connectivity index (χ3v) is 4.23. The average Bonchev–Trinajstić information content (AvgIpc) is 2.69. The molecule has 0 saturated carbocycles. The van der Waals surface area contributed by atoms with E-state index in [9.17, 15) is 0 Å². The highest BCUT2D eigenvalue weighted by molar-refractivity contribution is 5.69. The van der Waals surface area contributed by atoms with E-state index in [1.165, 1.54) is 16.7 Å². The highest BCUT2D eigenvalue weighted by Crippen LogP contribution is 2.25. The van der Waals surface area contributed by atoms with Gasteiger partial charge in [-0.15, -0.1) is 0 Å². The Morgan fingerprint density at radius 1 is 1.04 bits per heavy atom. The summed E-state index contributed by atoms with van der Waals surface area (Å²) >= 11 is 0. The monoisotopic (exact) mass is 327 g/mol. The average molecular weight is 327 g/mol. The number of nitrogens with one attached hydrogen (secondary N) is 1. The molecule has 1 aliphatic rings. The molecular formula is C24H25N. The van der Waals surface area contributed by atoms with Gasteiger partial charge in [-0.3, -0.25) is 0 Å². The van der Waals surface area contributed by atoms with Crippen LogP contribution in [0.4, 0.5) is 5.69 Å². The van der Waals surface area contributed by atoms with Crippen molar-refractivity contribution < 1.29 is 1.43 Å². The maximum absolute atomic E-state index is 4.21. The molecule has 3 rings (SSSR count). The van der Waals surface area contributed by atoms with Crippen molar-refractivity contribution in [2.75, 3.05) is 5.32 Å². The fourth-order valence-electron chi connectivity index (χ4n) is 2.87. The van der Waals surface area contributed by atoms with Gasteiger partial charge in [0.15, 0.2) is 0 Å². The predicted molar refractivity (Wildman–Crippen MR) is 111 cm³/mol. The Morgan fingerprint density at radius 2 is 1.84 bits per heavy atom. The van der Waals surface area contributed by atoms with Crippen molar-refractivity contribution >= 4 is 5.69 Å². The molecule has 0 bridgehead atoms. The van der Waals surface area contributed by atoms with E-state index in [0.29, 0.717) is 0 Å². The maximum atomic E-state index is 4.21. The van der Waals surface area contributed by atoms with Crippen molar-refractivity contribution in [2.24, 2.45) is 0 Å². The van der Waals surface area contributed by atoms with Gasteiger partial charge < -0.3 is 5.32 Å². The van der Waals surface area contributed by atoms with Crippen molar-refractivity contribution in [3.05, 3.63) is 115 Å². The van der Waals surface area contributed by atoms with E-state index in [1.54, 1.807) is 0 Å². The van der Waals surface area contributed by atoms with Gasteiger partial charge in [-0.25, -0.2) is 0 Å². The minimum absolute atomic E-state index is 0. The van der Waals surface area contributed by atoms with Crippen LogP contribution in [0.3, 0.4) is 0 Å². The first-order chi connectivity index (χ1) is 12.3. The van der Waals surface area contributed by atoms with Crippen LogP contribution in [0, 0.1) is 0 Å². The molecule has 126 valence electrons. The van der Waals surface area contributed by atoms with Crippen LogP contribution in [-0.4, -0.2) is 0 Å². The van der Waals surface area contributed by atoms with E-state index in [4.69, 9.17) is 0 Å². The first kappa shape index (κ1) is 16.8. The molecule has 0 aromatic heterocycles. The zero-order valence-corrected chi connectivity index (χ0v) is 14.4. The predicted octanol–water partition coefficient (Wildman–Crippen LogP) is 6.91. The van der Waals surface area contributed by atoms with E-state index >= 15 is 0 Å². The fraction of sp³-hybridized carbons (Fsp3) is 0.0833. The van der Waals surface area contributed by atoms with Gasteiger partial charge >= 0.3 is 0 Å². The second-order valence-electron chi connectivity index (χ2n) is 6.06. The molecule has 2 aromatic rings. The second-order valence-corrected chi connectivity index (χ2v) is 6.06. The lowest BCUT2D eigenvalue weighted by Crippen LogP contribution is -1.99. The molecule has 2 aromatic carbocycles. The molecule has 0 aliphatic heterocycles. The zero-order chi connectivity index (χ0) is 17.5. The topological polar surface area (TPSA) is 12.0 Å². The second kappa shape index (κ2) is 8.16. The van der Waals surface area contributed by atoms with Crippen molar-refractivity contribution in [2.45, 2.75) is 12.8 Å². The van der Waals surface area contributed by atoms with Crippen LogP contribution < -0.4 is 5.32 Å². The molecule has 1 heteroatoms. The van der Waals surface area contributed by atoms with E-state index in [-0.39, 0.29) is 1.43 Å². The Kier molecular flexibility index (Phi) is 5.48. The van der Waals surface area contributed by atoms with Gasteiger partial charge in [0.1, 0.15) is 0 Å². The summed E-state index contributed by atoms with van der Waals surface area (Å²) in [5, 5.41) is 3.45. The highest BCUT2D eigenvalue weighted by atomic mass is 14.9. The van der Waals surface area contributed by atoms with Crippen LogP contribution in [0.2, 0.25) is 0 Å². The van der Waals surface area contributed by atoms with Crippen molar-refractivity contribution in [1.82, 2.24) is 0 Å². The van der Waals surface area contributed by atoms with Crippen molar-refractivity contribution in [1.29, 1.82) is 0 Å². The van der Waals surface area contributed by atoms with Gasteiger partial charge in [-0.1, -0.05) is 73.9 Å². The lowest BCUT2D eigenvalue weighted by Gasteiger charge is -2.13. The molecule has 0 heterocycles. The number of hydrogen-bond donors (Lipinski definition) is 1. The number of benzene rings is 2. The molecule has 0 fully saturated rings. The van der Waals surface area contributed by atoms with Crippen molar-refractivity contribution in [3.63, 3.8) is 0 Å². The van der Waals surface area contributed by atoms with Crippen LogP contribution in [-0.2, 0) is 0 Å². The standard InChI is InChI=1S/C24H23N.H2/c1-3-23(17-19(2)20-11-6-4-7-12-20)25-24-16-10-15-22(18-24)21-13-8-5-9-14-21;/h3-6,8-11,13-18,25H,1-2,7,12H2;1H/b23-17+;. The summed E-state index contributed by atoms with van der Waals surface area (Å²) in [6, 6.07) is 18.8. The summed E-state index contributed by atoms with van der Waals surface area (Å²) in [6.45, 7) is 8.14.